The molecular weight excluding hydrogens is 459 g/mol. The maximum absolute atomic E-state index is 13.3. The molecule has 0 spiro atoms. The van der Waals surface area contributed by atoms with Crippen LogP contribution in [0.5, 0.6) is 5.75 Å². The lowest BCUT2D eigenvalue weighted by molar-refractivity contribution is -0.0709. The van der Waals surface area contributed by atoms with Crippen LogP contribution in [0.15, 0.2) is 24.4 Å². The van der Waals surface area contributed by atoms with Gasteiger partial charge in [-0.2, -0.15) is 0 Å². The third-order valence-corrected chi connectivity index (χ3v) is 6.53. The molecule has 1 heterocycles. The molecule has 0 saturated carbocycles. The number of nitrogens with zero attached hydrogens (tertiary/aromatic N) is 2. The van der Waals surface area contributed by atoms with Gasteiger partial charge < -0.3 is 14.4 Å². The first-order chi connectivity index (χ1) is 15.5. The molecule has 34 heavy (non-hydrogen) atoms. The SMILES string of the molecule is COc1ccc2c(c1)c(CCN(C)C)cn2C(=O)OC(C)OP(=O)(OC(C)(C)C)OC(C)(C)C. The Morgan fingerprint density at radius 3 is 2.18 bits per heavy atom. The predicted molar refractivity (Wildman–Crippen MR) is 132 cm³/mol. The molecule has 0 amide bonds. The molecule has 10 heteroatoms. The summed E-state index contributed by atoms with van der Waals surface area (Å²) < 4.78 is 42.4. The van der Waals surface area contributed by atoms with Crippen molar-refractivity contribution < 1.29 is 32.4 Å². The number of ether oxygens (including phenoxy) is 2. The first-order valence-corrected chi connectivity index (χ1v) is 12.7. The number of rotatable bonds is 9. The summed E-state index contributed by atoms with van der Waals surface area (Å²) in [4.78, 5) is 15.1. The fraction of sp³-hybridized carbons (Fsp3) is 0.625. The maximum atomic E-state index is 13.3. The predicted octanol–water partition coefficient (Wildman–Crippen LogP) is 5.84. The molecule has 9 nitrogen and oxygen atoms in total. The zero-order valence-electron chi connectivity index (χ0n) is 22.0. The number of carbonyl (C=O) groups excluding carboxylic acids is 1. The number of hydrogen-bond acceptors (Lipinski definition) is 8. The van der Waals surface area contributed by atoms with E-state index in [1.54, 1.807) is 67.0 Å². The van der Waals surface area contributed by atoms with Crippen molar-refractivity contribution in [1.82, 2.24) is 9.47 Å². The first kappa shape index (κ1) is 28.3. The van der Waals surface area contributed by atoms with Crippen molar-refractivity contribution in [2.24, 2.45) is 0 Å². The molecule has 1 unspecified atom stereocenters. The minimum absolute atomic E-state index is 0.670. The van der Waals surface area contributed by atoms with Crippen LogP contribution < -0.4 is 4.74 Å². The zero-order chi connectivity index (χ0) is 25.9. The van der Waals surface area contributed by atoms with Gasteiger partial charge in [-0.3, -0.25) is 13.6 Å². The number of likely N-dealkylation sites (N-methyl/N-ethyl adjacent to an activating group) is 1. The molecule has 1 aromatic heterocycles. The number of methoxy groups -OCH3 is 1. The second kappa shape index (κ2) is 10.8. The van der Waals surface area contributed by atoms with Gasteiger partial charge in [-0.1, -0.05) is 0 Å². The summed E-state index contributed by atoms with van der Waals surface area (Å²) in [6.07, 6.45) is 0.622. The molecule has 1 aromatic carbocycles. The van der Waals surface area contributed by atoms with Crippen LogP contribution in [0.2, 0.25) is 0 Å². The molecule has 0 aliphatic carbocycles. The van der Waals surface area contributed by atoms with Crippen LogP contribution in [-0.2, 0) is 29.3 Å². The van der Waals surface area contributed by atoms with E-state index in [2.05, 4.69) is 4.90 Å². The highest BCUT2D eigenvalue weighted by molar-refractivity contribution is 7.48. The Hall–Kier alpha value is -1.90. The van der Waals surface area contributed by atoms with Crippen molar-refractivity contribution in [3.63, 3.8) is 0 Å². The van der Waals surface area contributed by atoms with Crippen molar-refractivity contribution in [1.29, 1.82) is 0 Å². The van der Waals surface area contributed by atoms with E-state index in [4.69, 9.17) is 23.0 Å². The lowest BCUT2D eigenvalue weighted by Crippen LogP contribution is -2.28. The molecule has 192 valence electrons. The minimum Gasteiger partial charge on any atom is -0.497 e. The van der Waals surface area contributed by atoms with Gasteiger partial charge >= 0.3 is 13.9 Å². The Morgan fingerprint density at radius 1 is 1.09 bits per heavy atom. The average molecular weight is 499 g/mol. The van der Waals surface area contributed by atoms with Crippen LogP contribution in [0.25, 0.3) is 10.9 Å². The maximum Gasteiger partial charge on any atom is 0.478 e. The van der Waals surface area contributed by atoms with Crippen LogP contribution in [0, 0.1) is 0 Å². The van der Waals surface area contributed by atoms with E-state index in [1.807, 2.05) is 20.2 Å². The number of phosphoric ester groups is 1. The van der Waals surface area contributed by atoms with E-state index in [-0.39, 0.29) is 0 Å². The zero-order valence-corrected chi connectivity index (χ0v) is 22.9. The fourth-order valence-electron chi connectivity index (χ4n) is 3.23. The summed E-state index contributed by atoms with van der Waals surface area (Å²) in [7, 11) is 1.53. The van der Waals surface area contributed by atoms with E-state index in [1.165, 1.54) is 11.5 Å². The highest BCUT2D eigenvalue weighted by atomic mass is 31.2. The Morgan fingerprint density at radius 2 is 1.68 bits per heavy atom. The third-order valence-electron chi connectivity index (χ3n) is 4.43. The Kier molecular flexibility index (Phi) is 8.99. The molecule has 0 aliphatic rings. The summed E-state index contributed by atoms with van der Waals surface area (Å²) in [5, 5.41) is 0.893. The van der Waals surface area contributed by atoms with Gasteiger partial charge in [0.1, 0.15) is 5.75 Å². The van der Waals surface area contributed by atoms with E-state index in [0.717, 1.165) is 23.9 Å². The van der Waals surface area contributed by atoms with Crippen LogP contribution in [0.3, 0.4) is 0 Å². The quantitative estimate of drug-likeness (QED) is 0.315. The van der Waals surface area contributed by atoms with E-state index in [9.17, 15) is 9.36 Å². The molecule has 0 bridgehead atoms. The molecule has 0 fully saturated rings. The Balaban J connectivity index is 2.29. The van der Waals surface area contributed by atoms with Gasteiger partial charge in [0.2, 0.25) is 6.29 Å². The van der Waals surface area contributed by atoms with Crippen molar-refractivity contribution in [3.8, 4) is 5.75 Å². The summed E-state index contributed by atoms with van der Waals surface area (Å²) in [6, 6.07) is 5.48. The number of aromatic nitrogens is 1. The van der Waals surface area contributed by atoms with Gasteiger partial charge in [0.15, 0.2) is 0 Å². The highest BCUT2D eigenvalue weighted by Crippen LogP contribution is 2.56. The Labute approximate surface area is 202 Å². The van der Waals surface area contributed by atoms with Gasteiger partial charge in [-0.25, -0.2) is 13.9 Å². The summed E-state index contributed by atoms with van der Waals surface area (Å²) >= 11 is 0. The monoisotopic (exact) mass is 498 g/mol. The number of hydrogen-bond donors (Lipinski definition) is 0. The van der Waals surface area contributed by atoms with Gasteiger partial charge in [-0.15, -0.1) is 0 Å². The molecule has 0 aliphatic heterocycles. The minimum atomic E-state index is -4.05. The Bertz CT molecular complexity index is 1010. The molecule has 2 rings (SSSR count). The summed E-state index contributed by atoms with van der Waals surface area (Å²) in [6.45, 7) is 12.7. The van der Waals surface area contributed by atoms with Crippen molar-refractivity contribution in [2.75, 3.05) is 27.7 Å². The summed E-state index contributed by atoms with van der Waals surface area (Å²) in [5.41, 5.74) is 0.0426. The number of benzene rings is 1. The third kappa shape index (κ3) is 8.40. The first-order valence-electron chi connectivity index (χ1n) is 11.3. The van der Waals surface area contributed by atoms with Crippen molar-refractivity contribution in [2.45, 2.75) is 72.4 Å². The van der Waals surface area contributed by atoms with Crippen LogP contribution in [-0.4, -0.2) is 60.8 Å². The fourth-order valence-corrected chi connectivity index (χ4v) is 5.10. The number of carbonyl (C=O) groups is 1. The molecule has 0 saturated heterocycles. The normalized spacial score (nSPS) is 14.0. The van der Waals surface area contributed by atoms with E-state index < -0.39 is 31.4 Å². The topological polar surface area (TPSA) is 88.5 Å². The lowest BCUT2D eigenvalue weighted by Gasteiger charge is -2.32. The second-order valence-corrected chi connectivity index (χ2v) is 11.8. The van der Waals surface area contributed by atoms with E-state index in [0.29, 0.717) is 11.3 Å². The lowest BCUT2D eigenvalue weighted by atomic mass is 10.1. The van der Waals surface area contributed by atoms with Gasteiger partial charge in [0, 0.05) is 18.1 Å². The van der Waals surface area contributed by atoms with Crippen LogP contribution in [0.1, 0.15) is 54.0 Å². The number of phosphoric acid groups is 1. The average Bonchev–Trinajstić information content (AvgIpc) is 3.00. The standard InChI is InChI=1S/C24H39N2O7P/c1-17(31-34(28,32-23(2,3)4)33-24(5,6)7)30-22(27)26-16-18(13-14-25(8)9)20-15-19(29-10)11-12-21(20)26/h11-12,15-17H,13-14H2,1-10H3. The second-order valence-electron chi connectivity index (χ2n) is 10.4. The molecule has 1 atom stereocenters. The summed E-state index contributed by atoms with van der Waals surface area (Å²) in [5.74, 6) is 0.695. The van der Waals surface area contributed by atoms with Gasteiger partial charge in [-0.05, 0) is 92.7 Å². The van der Waals surface area contributed by atoms with Crippen LogP contribution in [0.4, 0.5) is 4.79 Å². The molecular formula is C24H39N2O7P. The van der Waals surface area contributed by atoms with Gasteiger partial charge in [0.05, 0.1) is 23.8 Å². The highest BCUT2D eigenvalue weighted by Gasteiger charge is 2.39. The number of fused-ring (bicyclic) bond motifs is 1. The van der Waals surface area contributed by atoms with Gasteiger partial charge in [0.25, 0.3) is 0 Å². The molecule has 2 aromatic rings. The van der Waals surface area contributed by atoms with Crippen LogP contribution >= 0.6 is 7.82 Å². The largest absolute Gasteiger partial charge is 0.497 e. The van der Waals surface area contributed by atoms with Crippen molar-refractivity contribution in [3.05, 3.63) is 30.0 Å². The smallest absolute Gasteiger partial charge is 0.478 e. The molecule has 0 N–H and O–H groups in total. The van der Waals surface area contributed by atoms with Crippen molar-refractivity contribution >= 4 is 24.8 Å². The van der Waals surface area contributed by atoms with E-state index >= 15 is 0 Å². The molecule has 0 radical (unpaired) electrons.